The summed E-state index contributed by atoms with van der Waals surface area (Å²) in [5.74, 6) is 0.144. The van der Waals surface area contributed by atoms with E-state index in [0.29, 0.717) is 5.56 Å². The fourth-order valence-corrected chi connectivity index (χ4v) is 1.99. The van der Waals surface area contributed by atoms with Gasteiger partial charge >= 0.3 is 0 Å². The molecule has 1 aromatic carbocycles. The van der Waals surface area contributed by atoms with Crippen LogP contribution in [0.3, 0.4) is 0 Å². The third kappa shape index (κ3) is 2.65. The molecule has 3 aromatic rings. The molecule has 5 nitrogen and oxygen atoms in total. The Kier molecular flexibility index (Phi) is 3.55. The van der Waals surface area contributed by atoms with Gasteiger partial charge in [0.25, 0.3) is 0 Å². The van der Waals surface area contributed by atoms with Crippen molar-refractivity contribution < 1.29 is 0 Å². The molecule has 0 fully saturated rings. The Morgan fingerprint density at radius 3 is 1.82 bits per heavy atom. The molecule has 0 unspecified atom stereocenters. The number of rotatable bonds is 2. The molecule has 102 valence electrons. The number of benzene rings is 1. The smallest absolute Gasteiger partial charge is 0.232 e. The molecule has 3 rings (SSSR count). The Bertz CT molecular complexity index is 790. The van der Waals surface area contributed by atoms with E-state index >= 15 is 0 Å². The van der Waals surface area contributed by atoms with E-state index in [-0.39, 0.29) is 5.82 Å². The highest BCUT2D eigenvalue weighted by atomic mass is 14.9. The molecule has 0 spiro atoms. The molecular formula is C17H9N5. The molecule has 0 atom stereocenters. The molecule has 0 aliphatic heterocycles. The Labute approximate surface area is 127 Å². The zero-order valence-corrected chi connectivity index (χ0v) is 11.4. The number of aromatic nitrogens is 3. The summed E-state index contributed by atoms with van der Waals surface area (Å²) >= 11 is 0. The van der Waals surface area contributed by atoms with Crippen molar-refractivity contribution in [3.8, 4) is 34.5 Å². The minimum absolute atomic E-state index is 0.144. The van der Waals surface area contributed by atoms with Crippen LogP contribution in [-0.2, 0) is 0 Å². The van der Waals surface area contributed by atoms with Crippen molar-refractivity contribution in [3.63, 3.8) is 0 Å². The predicted molar refractivity (Wildman–Crippen MR) is 80.1 cm³/mol. The largest absolute Gasteiger partial charge is 0.256 e. The van der Waals surface area contributed by atoms with E-state index < -0.39 is 0 Å². The maximum Gasteiger partial charge on any atom is 0.232 e. The van der Waals surface area contributed by atoms with Gasteiger partial charge in [0, 0.05) is 35.3 Å². The number of hydrogen-bond acceptors (Lipinski definition) is 5. The highest BCUT2D eigenvalue weighted by Gasteiger charge is 2.03. The molecular weight excluding hydrogens is 274 g/mol. The molecule has 0 aliphatic carbocycles. The number of hydrogen-bond donors (Lipinski definition) is 0. The average molecular weight is 283 g/mol. The summed E-state index contributed by atoms with van der Waals surface area (Å²) in [5, 5.41) is 17.5. The number of nitrogens with zero attached hydrogens (tertiary/aromatic N) is 5. The zero-order valence-electron chi connectivity index (χ0n) is 11.4. The van der Waals surface area contributed by atoms with Gasteiger partial charge in [-0.2, -0.15) is 10.5 Å². The molecule has 2 aromatic heterocycles. The predicted octanol–water partition coefficient (Wildman–Crippen LogP) is 2.95. The van der Waals surface area contributed by atoms with Gasteiger partial charge in [0.15, 0.2) is 0 Å². The van der Waals surface area contributed by atoms with Gasteiger partial charge < -0.3 is 0 Å². The third-order valence-electron chi connectivity index (χ3n) is 3.16. The van der Waals surface area contributed by atoms with Crippen LogP contribution in [-0.4, -0.2) is 15.0 Å². The van der Waals surface area contributed by atoms with Crippen molar-refractivity contribution >= 4 is 0 Å². The molecule has 0 radical (unpaired) electrons. The van der Waals surface area contributed by atoms with Crippen molar-refractivity contribution in [2.24, 2.45) is 0 Å². The minimum atomic E-state index is 0.144. The van der Waals surface area contributed by atoms with Gasteiger partial charge in [-0.05, 0) is 18.2 Å². The van der Waals surface area contributed by atoms with Crippen molar-refractivity contribution in [3.05, 3.63) is 66.4 Å². The monoisotopic (exact) mass is 283 g/mol. The number of nitriles is 2. The van der Waals surface area contributed by atoms with Crippen LogP contribution in [0.2, 0.25) is 0 Å². The quantitative estimate of drug-likeness (QED) is 0.721. The van der Waals surface area contributed by atoms with E-state index in [2.05, 4.69) is 21.0 Å². The Balaban J connectivity index is 1.88. The molecule has 0 amide bonds. The van der Waals surface area contributed by atoms with Crippen LogP contribution in [0.5, 0.6) is 0 Å². The first-order valence-electron chi connectivity index (χ1n) is 6.49. The van der Waals surface area contributed by atoms with Crippen LogP contribution in [0.15, 0.2) is 55.0 Å². The molecule has 0 aliphatic rings. The van der Waals surface area contributed by atoms with Gasteiger partial charge in [0.05, 0.1) is 17.3 Å². The fraction of sp³-hybridized carbons (Fsp3) is 0. The van der Waals surface area contributed by atoms with Gasteiger partial charge in [-0.25, -0.2) is 9.97 Å². The van der Waals surface area contributed by atoms with Crippen LogP contribution in [0.1, 0.15) is 11.4 Å². The second kappa shape index (κ2) is 5.82. The highest BCUT2D eigenvalue weighted by molar-refractivity contribution is 5.66. The molecule has 5 heteroatoms. The van der Waals surface area contributed by atoms with Gasteiger partial charge in [-0.3, -0.25) is 4.98 Å². The molecule has 0 saturated heterocycles. The van der Waals surface area contributed by atoms with E-state index in [1.807, 2.05) is 30.3 Å². The molecule has 0 saturated carbocycles. The van der Waals surface area contributed by atoms with E-state index in [4.69, 9.17) is 10.5 Å². The second-order valence-corrected chi connectivity index (χ2v) is 4.53. The Hall–Kier alpha value is -3.57. The maximum absolute atomic E-state index is 8.80. The second-order valence-electron chi connectivity index (χ2n) is 4.53. The first-order valence-corrected chi connectivity index (χ1v) is 6.49. The summed E-state index contributed by atoms with van der Waals surface area (Å²) in [6.07, 6.45) is 4.94. The standard InChI is InChI=1S/C17H9N5/c18-7-12-1-3-13(4-2-12)16-6-5-14(9-20-16)15-10-21-17(8-19)22-11-15/h1-6,9-11H. The SMILES string of the molecule is N#Cc1ccc(-c2ccc(-c3cnc(C#N)nc3)cn2)cc1. The van der Waals surface area contributed by atoms with E-state index in [1.165, 1.54) is 0 Å². The fourth-order valence-electron chi connectivity index (χ4n) is 1.99. The van der Waals surface area contributed by atoms with Crippen molar-refractivity contribution in [2.75, 3.05) is 0 Å². The summed E-state index contributed by atoms with van der Waals surface area (Å²) in [4.78, 5) is 12.3. The zero-order chi connectivity index (χ0) is 15.4. The summed E-state index contributed by atoms with van der Waals surface area (Å²) in [6.45, 7) is 0. The first-order chi connectivity index (χ1) is 10.8. The molecule has 22 heavy (non-hydrogen) atoms. The minimum Gasteiger partial charge on any atom is -0.256 e. The van der Waals surface area contributed by atoms with Crippen molar-refractivity contribution in [1.29, 1.82) is 10.5 Å². The lowest BCUT2D eigenvalue weighted by atomic mass is 10.1. The van der Waals surface area contributed by atoms with Crippen LogP contribution in [0.25, 0.3) is 22.4 Å². The highest BCUT2D eigenvalue weighted by Crippen LogP contribution is 2.22. The lowest BCUT2D eigenvalue weighted by Gasteiger charge is -2.04. The van der Waals surface area contributed by atoms with E-state index in [0.717, 1.165) is 22.4 Å². The van der Waals surface area contributed by atoms with Gasteiger partial charge in [-0.1, -0.05) is 18.2 Å². The molecule has 0 N–H and O–H groups in total. The normalized spacial score (nSPS) is 9.73. The molecule has 2 heterocycles. The van der Waals surface area contributed by atoms with Crippen LogP contribution in [0.4, 0.5) is 0 Å². The third-order valence-corrected chi connectivity index (χ3v) is 3.16. The summed E-state index contributed by atoms with van der Waals surface area (Å²) < 4.78 is 0. The first kappa shape index (κ1) is 13.4. The van der Waals surface area contributed by atoms with E-state index in [1.54, 1.807) is 30.7 Å². The topological polar surface area (TPSA) is 86.2 Å². The van der Waals surface area contributed by atoms with Gasteiger partial charge in [-0.15, -0.1) is 0 Å². The van der Waals surface area contributed by atoms with Crippen LogP contribution in [0, 0.1) is 22.7 Å². The van der Waals surface area contributed by atoms with Crippen molar-refractivity contribution in [2.45, 2.75) is 0 Å². The van der Waals surface area contributed by atoms with Crippen LogP contribution < -0.4 is 0 Å². The lowest BCUT2D eigenvalue weighted by Crippen LogP contribution is -1.90. The average Bonchev–Trinajstić information content (AvgIpc) is 2.62. The van der Waals surface area contributed by atoms with Crippen molar-refractivity contribution in [1.82, 2.24) is 15.0 Å². The van der Waals surface area contributed by atoms with Gasteiger partial charge in [0.1, 0.15) is 6.07 Å². The summed E-state index contributed by atoms with van der Waals surface area (Å²) in [5.41, 5.74) is 4.07. The molecule has 0 bridgehead atoms. The Morgan fingerprint density at radius 1 is 0.636 bits per heavy atom. The Morgan fingerprint density at radius 2 is 1.27 bits per heavy atom. The maximum atomic E-state index is 8.80. The summed E-state index contributed by atoms with van der Waals surface area (Å²) in [6, 6.07) is 15.1. The van der Waals surface area contributed by atoms with E-state index in [9.17, 15) is 0 Å². The lowest BCUT2D eigenvalue weighted by molar-refractivity contribution is 1.11. The van der Waals surface area contributed by atoms with Crippen LogP contribution >= 0.6 is 0 Å². The van der Waals surface area contributed by atoms with Gasteiger partial charge in [0.2, 0.25) is 5.82 Å². The number of pyridine rings is 1. The summed E-state index contributed by atoms with van der Waals surface area (Å²) in [7, 11) is 0.